The van der Waals surface area contributed by atoms with E-state index in [9.17, 15) is 13.2 Å². The van der Waals surface area contributed by atoms with Crippen LogP contribution in [0.3, 0.4) is 0 Å². The molecular weight excluding hydrogens is 693 g/mol. The third kappa shape index (κ3) is 7.68. The fourth-order valence-corrected chi connectivity index (χ4v) is 12.7. The van der Waals surface area contributed by atoms with Gasteiger partial charge in [-0.05, 0) is 126 Å². The van der Waals surface area contributed by atoms with Crippen molar-refractivity contribution < 1.29 is 26.4 Å². The second kappa shape index (κ2) is 15.7. The fourth-order valence-electron chi connectivity index (χ4n) is 12.7. The molecule has 6 saturated carbocycles. The molecule has 54 heavy (non-hydrogen) atoms. The molecule has 1 unspecified atom stereocenters. The molecule has 0 spiro atoms. The predicted octanol–water partition coefficient (Wildman–Crippen LogP) is 13.0. The summed E-state index contributed by atoms with van der Waals surface area (Å²) in [4.78, 5) is 0. The number of rotatable bonds is 8. The van der Waals surface area contributed by atoms with Gasteiger partial charge < -0.3 is 8.83 Å². The van der Waals surface area contributed by atoms with E-state index in [1.54, 1.807) is 0 Å². The third-order valence-electron chi connectivity index (χ3n) is 16.6. The standard InChI is InChI=1S/C44H66F4N4O2/c1-41(25-21-32(22-26-41)30-11-7-4-8-12-30)39-51-50-38(54-39)34-17-19-35(20-18-34)43(45,44(46,47)48)36-23-27-42(2,28-24-36)40-52-49-37(53-40)33-15-13-31(14-16-33)29-9-5-3-6-10-29/h29-36H,3-28H2,1-2H3. The Kier molecular flexibility index (Phi) is 11.3. The number of halogens is 4. The molecule has 0 saturated heterocycles. The number of hydrogen-bond donors (Lipinski definition) is 0. The zero-order valence-electron chi connectivity index (χ0n) is 33.1. The molecule has 6 aliphatic rings. The van der Waals surface area contributed by atoms with Crippen LogP contribution in [-0.4, -0.2) is 32.2 Å². The van der Waals surface area contributed by atoms with Gasteiger partial charge in [0, 0.05) is 34.5 Å². The van der Waals surface area contributed by atoms with Crippen LogP contribution in [0.4, 0.5) is 17.6 Å². The molecule has 302 valence electrons. The number of hydrogen-bond acceptors (Lipinski definition) is 6. The Balaban J connectivity index is 0.849. The van der Waals surface area contributed by atoms with Gasteiger partial charge in [-0.2, -0.15) is 13.2 Å². The van der Waals surface area contributed by atoms with E-state index in [2.05, 4.69) is 27.3 Å². The first kappa shape index (κ1) is 38.9. The highest BCUT2D eigenvalue weighted by molar-refractivity contribution is 5.11. The van der Waals surface area contributed by atoms with Crippen LogP contribution in [0.5, 0.6) is 0 Å². The molecule has 0 amide bonds. The van der Waals surface area contributed by atoms with Gasteiger partial charge in [0.1, 0.15) is 0 Å². The average Bonchev–Trinajstić information content (AvgIpc) is 3.91. The summed E-state index contributed by atoms with van der Waals surface area (Å²) in [6.07, 6.45) is 20.1. The van der Waals surface area contributed by atoms with Crippen molar-refractivity contribution in [3.05, 3.63) is 23.6 Å². The van der Waals surface area contributed by atoms with Crippen molar-refractivity contribution in [3.63, 3.8) is 0 Å². The lowest BCUT2D eigenvalue weighted by molar-refractivity contribution is -0.275. The van der Waals surface area contributed by atoms with Gasteiger partial charge >= 0.3 is 6.18 Å². The summed E-state index contributed by atoms with van der Waals surface area (Å²) in [5.74, 6) is 3.73. The second-order valence-electron chi connectivity index (χ2n) is 19.8. The van der Waals surface area contributed by atoms with Crippen molar-refractivity contribution in [2.75, 3.05) is 0 Å². The van der Waals surface area contributed by atoms with Gasteiger partial charge in [-0.25, -0.2) is 4.39 Å². The first-order valence-electron chi connectivity index (χ1n) is 22.4. The number of alkyl halides is 4. The van der Waals surface area contributed by atoms with Crippen LogP contribution in [0.15, 0.2) is 8.83 Å². The molecule has 0 aromatic carbocycles. The zero-order valence-corrected chi connectivity index (χ0v) is 33.1. The van der Waals surface area contributed by atoms with Crippen molar-refractivity contribution in [2.24, 2.45) is 35.5 Å². The van der Waals surface area contributed by atoms with Crippen molar-refractivity contribution in [1.82, 2.24) is 20.4 Å². The topological polar surface area (TPSA) is 77.8 Å². The SMILES string of the molecule is CC1(c2nnc(C3CCC(C(F)(C4CCC(C)(c5nnc(C6CCC(C7CCCCC7)CC6)o5)CC4)C(F)(F)F)CC3)o2)CCC(C2CCCCC2)CC1. The molecule has 6 fully saturated rings. The maximum atomic E-state index is 16.9. The van der Waals surface area contributed by atoms with E-state index >= 15 is 4.39 Å². The molecule has 0 radical (unpaired) electrons. The van der Waals surface area contributed by atoms with Crippen LogP contribution in [0, 0.1) is 35.5 Å². The Hall–Kier alpha value is -2.00. The van der Waals surface area contributed by atoms with E-state index in [-0.39, 0.29) is 42.9 Å². The summed E-state index contributed by atoms with van der Waals surface area (Å²) in [5.41, 5.74) is -3.91. The van der Waals surface area contributed by atoms with E-state index in [1.165, 1.54) is 89.9 Å². The summed E-state index contributed by atoms with van der Waals surface area (Å²) in [5, 5.41) is 17.9. The Morgan fingerprint density at radius 3 is 1.26 bits per heavy atom. The van der Waals surface area contributed by atoms with Gasteiger partial charge in [0.15, 0.2) is 0 Å². The molecule has 6 aliphatic carbocycles. The summed E-state index contributed by atoms with van der Waals surface area (Å²) in [6.45, 7) is 4.25. The van der Waals surface area contributed by atoms with Gasteiger partial charge in [-0.3, -0.25) is 0 Å². The minimum Gasteiger partial charge on any atom is -0.424 e. The average molecular weight is 759 g/mol. The second-order valence-corrected chi connectivity index (χ2v) is 19.8. The van der Waals surface area contributed by atoms with Gasteiger partial charge in [-0.15, -0.1) is 20.4 Å². The zero-order chi connectivity index (χ0) is 37.6. The molecule has 0 bridgehead atoms. The smallest absolute Gasteiger partial charge is 0.423 e. The number of aromatic nitrogens is 4. The van der Waals surface area contributed by atoms with Gasteiger partial charge in [0.05, 0.1) is 0 Å². The lowest BCUT2D eigenvalue weighted by Gasteiger charge is -2.47. The maximum absolute atomic E-state index is 16.9. The number of nitrogens with zero attached hydrogens (tertiary/aromatic N) is 4. The summed E-state index contributed by atoms with van der Waals surface area (Å²) in [7, 11) is 0. The van der Waals surface area contributed by atoms with Crippen LogP contribution in [0.25, 0.3) is 0 Å². The molecule has 2 heterocycles. The van der Waals surface area contributed by atoms with Crippen LogP contribution in [0.1, 0.15) is 216 Å². The summed E-state index contributed by atoms with van der Waals surface area (Å²) in [6, 6.07) is 0. The van der Waals surface area contributed by atoms with Crippen LogP contribution in [-0.2, 0) is 10.8 Å². The first-order valence-corrected chi connectivity index (χ1v) is 22.4. The molecular formula is C44H66F4N4O2. The Morgan fingerprint density at radius 2 is 0.815 bits per heavy atom. The molecule has 2 aromatic heterocycles. The first-order chi connectivity index (χ1) is 26.0. The predicted molar refractivity (Wildman–Crippen MR) is 200 cm³/mol. The van der Waals surface area contributed by atoms with Crippen molar-refractivity contribution in [1.29, 1.82) is 0 Å². The van der Waals surface area contributed by atoms with Crippen molar-refractivity contribution in [3.8, 4) is 0 Å². The van der Waals surface area contributed by atoms with Gasteiger partial charge in [-0.1, -0.05) is 78.1 Å². The minimum atomic E-state index is -4.93. The van der Waals surface area contributed by atoms with Crippen molar-refractivity contribution in [2.45, 2.75) is 215 Å². The van der Waals surface area contributed by atoms with Crippen LogP contribution < -0.4 is 0 Å². The monoisotopic (exact) mass is 759 g/mol. The highest BCUT2D eigenvalue weighted by atomic mass is 19.4. The molecule has 6 nitrogen and oxygen atoms in total. The Bertz CT molecular complexity index is 1500. The highest BCUT2D eigenvalue weighted by Gasteiger charge is 2.65. The normalized spacial score (nSPS) is 37.9. The molecule has 8 rings (SSSR count). The quantitative estimate of drug-likeness (QED) is 0.250. The van der Waals surface area contributed by atoms with Crippen LogP contribution >= 0.6 is 0 Å². The maximum Gasteiger partial charge on any atom is 0.423 e. The summed E-state index contributed by atoms with van der Waals surface area (Å²) >= 11 is 0. The highest BCUT2D eigenvalue weighted by Crippen LogP contribution is 2.57. The third-order valence-corrected chi connectivity index (χ3v) is 16.6. The largest absolute Gasteiger partial charge is 0.424 e. The molecule has 0 aliphatic heterocycles. The Labute approximate surface area is 320 Å². The Morgan fingerprint density at radius 1 is 0.444 bits per heavy atom. The van der Waals surface area contributed by atoms with Gasteiger partial charge in [0.2, 0.25) is 29.2 Å². The van der Waals surface area contributed by atoms with E-state index in [4.69, 9.17) is 8.83 Å². The summed E-state index contributed by atoms with van der Waals surface area (Å²) < 4.78 is 74.3. The molecule has 1 atom stereocenters. The minimum absolute atomic E-state index is 0.120. The molecule has 10 heteroatoms. The van der Waals surface area contributed by atoms with E-state index in [1.807, 2.05) is 6.92 Å². The lowest BCUT2D eigenvalue weighted by Crippen LogP contribution is -2.55. The van der Waals surface area contributed by atoms with E-state index < -0.39 is 29.1 Å². The van der Waals surface area contributed by atoms with E-state index in [0.717, 1.165) is 49.4 Å². The van der Waals surface area contributed by atoms with Crippen molar-refractivity contribution >= 4 is 0 Å². The molecule has 0 N–H and O–H groups in total. The van der Waals surface area contributed by atoms with Crippen LogP contribution in [0.2, 0.25) is 0 Å². The van der Waals surface area contributed by atoms with Gasteiger partial charge in [0.25, 0.3) is 0 Å². The molecule has 2 aromatic rings. The fraction of sp³-hybridized carbons (Fsp3) is 0.909. The van der Waals surface area contributed by atoms with E-state index in [0.29, 0.717) is 49.2 Å². The lowest BCUT2D eigenvalue weighted by atomic mass is 9.62.